The van der Waals surface area contributed by atoms with Gasteiger partial charge >= 0.3 is 0 Å². The van der Waals surface area contributed by atoms with E-state index in [2.05, 4.69) is 35.8 Å². The molecule has 3 heterocycles. The van der Waals surface area contributed by atoms with E-state index < -0.39 is 17.8 Å². The lowest BCUT2D eigenvalue weighted by Crippen LogP contribution is -2.27. The SMILES string of the molecule is Cc1ccc(-c2cc(C(=O)NC(C)c3cnccn3)cc(-n3nnnc3C(C)C)c2F)nc1. The normalized spacial score (nSPS) is 12.1. The molecule has 0 fully saturated rings. The number of rotatable bonds is 6. The summed E-state index contributed by atoms with van der Waals surface area (Å²) < 4.78 is 17.1. The van der Waals surface area contributed by atoms with Crippen molar-refractivity contribution in [3.8, 4) is 16.9 Å². The van der Waals surface area contributed by atoms with Crippen molar-refractivity contribution in [3.05, 3.63) is 77.5 Å². The van der Waals surface area contributed by atoms with Gasteiger partial charge in [0, 0.05) is 35.6 Å². The zero-order valence-corrected chi connectivity index (χ0v) is 18.7. The molecule has 0 spiro atoms. The molecule has 33 heavy (non-hydrogen) atoms. The number of carbonyl (C=O) groups is 1. The van der Waals surface area contributed by atoms with E-state index in [0.29, 0.717) is 17.2 Å². The number of nitrogens with one attached hydrogen (secondary N) is 1. The topological polar surface area (TPSA) is 111 Å². The molecule has 0 aliphatic rings. The minimum atomic E-state index is -0.570. The summed E-state index contributed by atoms with van der Waals surface area (Å²) in [5.41, 5.74) is 2.43. The van der Waals surface area contributed by atoms with E-state index in [-0.39, 0.29) is 22.7 Å². The summed E-state index contributed by atoms with van der Waals surface area (Å²) in [6.45, 7) is 7.50. The summed E-state index contributed by atoms with van der Waals surface area (Å²) in [6.07, 6.45) is 6.34. The number of halogens is 1. The van der Waals surface area contributed by atoms with Crippen LogP contribution in [0, 0.1) is 12.7 Å². The molecule has 0 aliphatic carbocycles. The zero-order valence-electron chi connectivity index (χ0n) is 18.7. The van der Waals surface area contributed by atoms with Gasteiger partial charge in [-0.15, -0.1) is 5.10 Å². The van der Waals surface area contributed by atoms with Crippen molar-refractivity contribution in [3.63, 3.8) is 0 Å². The standard InChI is InChI=1S/C23H23FN8O/c1-13(2)22-29-30-31-32(22)20-10-16(23(33)28-15(4)19-12-25-7-8-26-19)9-17(21(20)24)18-6-5-14(3)11-27-18/h5-13,15H,1-4H3,(H,28,33). The Bertz CT molecular complexity index is 1270. The molecule has 1 atom stereocenters. The van der Waals surface area contributed by atoms with Crippen LogP contribution in [0.2, 0.25) is 0 Å². The fourth-order valence-corrected chi connectivity index (χ4v) is 3.32. The van der Waals surface area contributed by atoms with E-state index in [9.17, 15) is 4.79 Å². The highest BCUT2D eigenvalue weighted by molar-refractivity contribution is 5.96. The maximum atomic E-state index is 15.7. The van der Waals surface area contributed by atoms with E-state index in [4.69, 9.17) is 0 Å². The average molecular weight is 446 g/mol. The molecular formula is C23H23FN8O. The summed E-state index contributed by atoms with van der Waals surface area (Å²) in [6, 6.07) is 6.06. The minimum absolute atomic E-state index is 0.0606. The number of aromatic nitrogens is 7. The second kappa shape index (κ2) is 9.19. The zero-order chi connectivity index (χ0) is 23.5. The molecule has 1 N–H and O–H groups in total. The van der Waals surface area contributed by atoms with Gasteiger partial charge in [0.15, 0.2) is 11.6 Å². The maximum Gasteiger partial charge on any atom is 0.251 e. The molecule has 3 aromatic heterocycles. The number of nitrogens with zero attached hydrogens (tertiary/aromatic N) is 7. The van der Waals surface area contributed by atoms with Crippen molar-refractivity contribution < 1.29 is 9.18 Å². The molecule has 9 nitrogen and oxygen atoms in total. The molecule has 1 aromatic carbocycles. The van der Waals surface area contributed by atoms with Gasteiger partial charge in [-0.2, -0.15) is 4.68 Å². The number of carbonyl (C=O) groups excluding carboxylic acids is 1. The Labute approximate surface area is 190 Å². The highest BCUT2D eigenvalue weighted by atomic mass is 19.1. The van der Waals surface area contributed by atoms with Gasteiger partial charge in [0.05, 0.1) is 23.6 Å². The third kappa shape index (κ3) is 4.59. The van der Waals surface area contributed by atoms with Crippen LogP contribution in [0.5, 0.6) is 0 Å². The largest absolute Gasteiger partial charge is 0.344 e. The van der Waals surface area contributed by atoms with Crippen molar-refractivity contribution in [2.45, 2.75) is 39.7 Å². The molecular weight excluding hydrogens is 423 g/mol. The van der Waals surface area contributed by atoms with Gasteiger partial charge in [-0.25, -0.2) is 4.39 Å². The number of hydrogen-bond donors (Lipinski definition) is 1. The second-order valence-electron chi connectivity index (χ2n) is 8.01. The molecule has 4 aromatic rings. The van der Waals surface area contributed by atoms with E-state index in [0.717, 1.165) is 5.56 Å². The average Bonchev–Trinajstić information content (AvgIpc) is 3.30. The summed E-state index contributed by atoms with van der Waals surface area (Å²) in [4.78, 5) is 25.8. The van der Waals surface area contributed by atoms with Crippen LogP contribution in [-0.2, 0) is 0 Å². The van der Waals surface area contributed by atoms with E-state index in [1.54, 1.807) is 37.8 Å². The lowest BCUT2D eigenvalue weighted by molar-refractivity contribution is 0.0939. The van der Waals surface area contributed by atoms with Gasteiger partial charge in [0.2, 0.25) is 0 Å². The first kappa shape index (κ1) is 22.1. The van der Waals surface area contributed by atoms with Crippen molar-refractivity contribution >= 4 is 5.91 Å². The van der Waals surface area contributed by atoms with Crippen LogP contribution >= 0.6 is 0 Å². The number of tetrazole rings is 1. The minimum Gasteiger partial charge on any atom is -0.344 e. The number of amides is 1. The summed E-state index contributed by atoms with van der Waals surface area (Å²) >= 11 is 0. The quantitative estimate of drug-likeness (QED) is 0.482. The van der Waals surface area contributed by atoms with Gasteiger partial charge < -0.3 is 5.32 Å². The molecule has 0 radical (unpaired) electrons. The van der Waals surface area contributed by atoms with Crippen LogP contribution in [0.15, 0.2) is 49.1 Å². The molecule has 1 amide bonds. The predicted molar refractivity (Wildman–Crippen MR) is 119 cm³/mol. The smallest absolute Gasteiger partial charge is 0.251 e. The van der Waals surface area contributed by atoms with Gasteiger partial charge in [-0.3, -0.25) is 19.7 Å². The molecule has 1 unspecified atom stereocenters. The molecule has 0 saturated carbocycles. The Morgan fingerprint density at radius 3 is 2.58 bits per heavy atom. The fraction of sp³-hybridized carbons (Fsp3) is 0.261. The Morgan fingerprint density at radius 2 is 1.91 bits per heavy atom. The van der Waals surface area contributed by atoms with Crippen LogP contribution in [0.25, 0.3) is 16.9 Å². The Balaban J connectivity index is 1.81. The molecule has 10 heteroatoms. The van der Waals surface area contributed by atoms with Gasteiger partial charge in [-0.05, 0) is 48.0 Å². The van der Waals surface area contributed by atoms with Gasteiger partial charge in [0.1, 0.15) is 5.69 Å². The Hall–Kier alpha value is -4.08. The van der Waals surface area contributed by atoms with Crippen LogP contribution in [0.3, 0.4) is 0 Å². The van der Waals surface area contributed by atoms with E-state index >= 15 is 4.39 Å². The predicted octanol–water partition coefficient (Wildman–Crippen LogP) is 3.58. The number of aryl methyl sites for hydroxylation is 1. The summed E-state index contributed by atoms with van der Waals surface area (Å²) in [5, 5.41) is 14.6. The highest BCUT2D eigenvalue weighted by Gasteiger charge is 2.23. The first-order chi connectivity index (χ1) is 15.8. The number of hydrogen-bond acceptors (Lipinski definition) is 7. The van der Waals surface area contributed by atoms with Crippen molar-refractivity contribution in [1.82, 2.24) is 40.5 Å². The van der Waals surface area contributed by atoms with E-state index in [1.807, 2.05) is 26.8 Å². The third-order valence-corrected chi connectivity index (χ3v) is 5.12. The first-order valence-electron chi connectivity index (χ1n) is 10.5. The van der Waals surface area contributed by atoms with Crippen LogP contribution in [0.1, 0.15) is 60.2 Å². The summed E-state index contributed by atoms with van der Waals surface area (Å²) in [7, 11) is 0. The first-order valence-corrected chi connectivity index (χ1v) is 10.5. The van der Waals surface area contributed by atoms with Crippen LogP contribution in [-0.4, -0.2) is 41.1 Å². The molecule has 168 valence electrons. The van der Waals surface area contributed by atoms with Crippen molar-refractivity contribution in [2.24, 2.45) is 0 Å². The van der Waals surface area contributed by atoms with Crippen LogP contribution < -0.4 is 5.32 Å². The van der Waals surface area contributed by atoms with Crippen molar-refractivity contribution in [1.29, 1.82) is 0 Å². The van der Waals surface area contributed by atoms with E-state index in [1.165, 1.54) is 16.8 Å². The van der Waals surface area contributed by atoms with Gasteiger partial charge in [-0.1, -0.05) is 19.9 Å². The lowest BCUT2D eigenvalue weighted by Gasteiger charge is -2.16. The highest BCUT2D eigenvalue weighted by Crippen LogP contribution is 2.29. The maximum absolute atomic E-state index is 15.7. The third-order valence-electron chi connectivity index (χ3n) is 5.12. The monoisotopic (exact) mass is 446 g/mol. The van der Waals surface area contributed by atoms with Gasteiger partial charge in [0.25, 0.3) is 5.91 Å². The molecule has 0 aliphatic heterocycles. The van der Waals surface area contributed by atoms with Crippen LogP contribution in [0.4, 0.5) is 4.39 Å². The fourth-order valence-electron chi connectivity index (χ4n) is 3.32. The molecule has 0 saturated heterocycles. The molecule has 0 bridgehead atoms. The number of benzene rings is 1. The Kier molecular flexibility index (Phi) is 6.16. The Morgan fingerprint density at radius 1 is 1.09 bits per heavy atom. The second-order valence-corrected chi connectivity index (χ2v) is 8.01. The summed E-state index contributed by atoms with van der Waals surface area (Å²) in [5.74, 6) is -0.558. The molecule has 4 rings (SSSR count). The van der Waals surface area contributed by atoms with Crippen molar-refractivity contribution in [2.75, 3.05) is 0 Å². The lowest BCUT2D eigenvalue weighted by atomic mass is 10.0. The number of pyridine rings is 1.